The Bertz CT molecular complexity index is 483. The molecule has 0 bridgehead atoms. The number of nitrogens with one attached hydrogen (secondary N) is 2. The predicted molar refractivity (Wildman–Crippen MR) is 81.3 cm³/mol. The van der Waals surface area contributed by atoms with Crippen LogP contribution in [-0.4, -0.2) is 43.0 Å². The molecule has 0 aliphatic carbocycles. The van der Waals surface area contributed by atoms with E-state index < -0.39 is 5.82 Å². The van der Waals surface area contributed by atoms with E-state index in [0.29, 0.717) is 23.5 Å². The molecule has 0 spiro atoms. The lowest BCUT2D eigenvalue weighted by Crippen LogP contribution is -2.50. The maximum atomic E-state index is 13.6. The fourth-order valence-electron chi connectivity index (χ4n) is 2.26. The first-order chi connectivity index (χ1) is 9.56. The molecule has 1 fully saturated rings. The van der Waals surface area contributed by atoms with Gasteiger partial charge in [-0.1, -0.05) is 15.9 Å². The molecule has 4 nitrogen and oxygen atoms in total. The van der Waals surface area contributed by atoms with E-state index in [1.807, 2.05) is 0 Å². The van der Waals surface area contributed by atoms with E-state index in [2.05, 4.69) is 38.4 Å². The second-order valence-electron chi connectivity index (χ2n) is 5.01. The van der Waals surface area contributed by atoms with Gasteiger partial charge in [0.15, 0.2) is 0 Å². The molecule has 1 aliphatic heterocycles. The quantitative estimate of drug-likeness (QED) is 0.880. The van der Waals surface area contributed by atoms with Crippen molar-refractivity contribution >= 4 is 27.5 Å². The summed E-state index contributed by atoms with van der Waals surface area (Å²) in [6.07, 6.45) is 0.375. The van der Waals surface area contributed by atoms with Gasteiger partial charge in [0, 0.05) is 43.1 Å². The third kappa shape index (κ3) is 4.26. The van der Waals surface area contributed by atoms with Gasteiger partial charge >= 0.3 is 0 Å². The summed E-state index contributed by atoms with van der Waals surface area (Å²) in [6.45, 7) is 5.68. The van der Waals surface area contributed by atoms with Gasteiger partial charge in [0.1, 0.15) is 5.82 Å². The molecule has 20 heavy (non-hydrogen) atoms. The normalized spacial score (nSPS) is 19.9. The third-order valence-electron chi connectivity index (χ3n) is 3.47. The monoisotopic (exact) mass is 343 g/mol. The molecule has 1 atom stereocenters. The van der Waals surface area contributed by atoms with Crippen LogP contribution in [0.5, 0.6) is 0 Å². The van der Waals surface area contributed by atoms with Crippen LogP contribution in [0.25, 0.3) is 0 Å². The van der Waals surface area contributed by atoms with E-state index in [1.54, 1.807) is 12.1 Å². The number of carbonyl (C=O) groups is 1. The first-order valence-electron chi connectivity index (χ1n) is 6.76. The van der Waals surface area contributed by atoms with Crippen LogP contribution >= 0.6 is 15.9 Å². The number of carbonyl (C=O) groups excluding carboxylic acids is 1. The molecule has 1 aliphatic rings. The molecule has 6 heteroatoms. The summed E-state index contributed by atoms with van der Waals surface area (Å²) < 4.78 is 14.3. The van der Waals surface area contributed by atoms with Gasteiger partial charge in [0.05, 0.1) is 5.69 Å². The first kappa shape index (κ1) is 15.4. The van der Waals surface area contributed by atoms with Crippen LogP contribution < -0.4 is 10.6 Å². The lowest BCUT2D eigenvalue weighted by molar-refractivity contribution is -0.116. The Labute approximate surface area is 126 Å². The average Bonchev–Trinajstić information content (AvgIpc) is 2.41. The second-order valence-corrected chi connectivity index (χ2v) is 5.93. The number of amides is 1. The fourth-order valence-corrected chi connectivity index (χ4v) is 2.60. The number of rotatable bonds is 4. The molecule has 0 aromatic heterocycles. The Morgan fingerprint density at radius 1 is 1.60 bits per heavy atom. The number of piperazine rings is 1. The Morgan fingerprint density at radius 2 is 2.40 bits per heavy atom. The summed E-state index contributed by atoms with van der Waals surface area (Å²) in [5.41, 5.74) is 0.228. The predicted octanol–water partition coefficient (Wildman–Crippen LogP) is 2.21. The van der Waals surface area contributed by atoms with Gasteiger partial charge in [-0.15, -0.1) is 0 Å². The van der Waals surface area contributed by atoms with Crippen molar-refractivity contribution < 1.29 is 9.18 Å². The number of halogens is 2. The van der Waals surface area contributed by atoms with Gasteiger partial charge in [-0.3, -0.25) is 9.69 Å². The van der Waals surface area contributed by atoms with Crippen LogP contribution in [0.2, 0.25) is 0 Å². The first-order valence-corrected chi connectivity index (χ1v) is 7.55. The van der Waals surface area contributed by atoms with E-state index in [-0.39, 0.29) is 11.6 Å². The third-order valence-corrected chi connectivity index (χ3v) is 3.96. The van der Waals surface area contributed by atoms with E-state index in [9.17, 15) is 9.18 Å². The highest BCUT2D eigenvalue weighted by atomic mass is 79.9. The number of nitrogens with zero attached hydrogens (tertiary/aromatic N) is 1. The van der Waals surface area contributed by atoms with Crippen LogP contribution in [0.15, 0.2) is 22.7 Å². The maximum absolute atomic E-state index is 13.6. The minimum Gasteiger partial charge on any atom is -0.324 e. The SMILES string of the molecule is C[C@@H]1CNCCN1CCC(=O)Nc1ccc(Br)cc1F. The highest BCUT2D eigenvalue weighted by molar-refractivity contribution is 9.10. The Hall–Kier alpha value is -0.980. The number of hydrogen-bond donors (Lipinski definition) is 2. The summed E-state index contributed by atoms with van der Waals surface area (Å²) in [7, 11) is 0. The van der Waals surface area contributed by atoms with Crippen molar-refractivity contribution in [1.29, 1.82) is 0 Å². The molecule has 0 radical (unpaired) electrons. The van der Waals surface area contributed by atoms with E-state index in [1.165, 1.54) is 6.07 Å². The number of benzene rings is 1. The zero-order valence-corrected chi connectivity index (χ0v) is 13.0. The highest BCUT2D eigenvalue weighted by Gasteiger charge is 2.18. The molecule has 0 unspecified atom stereocenters. The molecule has 1 aromatic carbocycles. The van der Waals surface area contributed by atoms with E-state index >= 15 is 0 Å². The van der Waals surface area contributed by atoms with Crippen LogP contribution in [0.1, 0.15) is 13.3 Å². The summed E-state index contributed by atoms with van der Waals surface area (Å²) in [4.78, 5) is 14.1. The summed E-state index contributed by atoms with van der Waals surface area (Å²) in [5, 5.41) is 5.92. The standard InChI is InChI=1S/C14H19BrFN3O/c1-10-9-17-5-7-19(10)6-4-14(20)18-13-3-2-11(15)8-12(13)16/h2-3,8,10,17H,4-7,9H2,1H3,(H,18,20)/t10-/m1/s1. The van der Waals surface area contributed by atoms with Crippen LogP contribution in [0, 0.1) is 5.82 Å². The van der Waals surface area contributed by atoms with Crippen LogP contribution in [0.4, 0.5) is 10.1 Å². The largest absolute Gasteiger partial charge is 0.324 e. The van der Waals surface area contributed by atoms with Crippen LogP contribution in [-0.2, 0) is 4.79 Å². The molecule has 0 saturated carbocycles. The molecule has 1 aromatic rings. The van der Waals surface area contributed by atoms with E-state index in [0.717, 1.165) is 19.6 Å². The topological polar surface area (TPSA) is 44.4 Å². The van der Waals surface area contributed by atoms with Crippen molar-refractivity contribution in [3.63, 3.8) is 0 Å². The zero-order chi connectivity index (χ0) is 14.5. The fraction of sp³-hybridized carbons (Fsp3) is 0.500. The van der Waals surface area contributed by atoms with Gasteiger partial charge in [-0.25, -0.2) is 4.39 Å². The van der Waals surface area contributed by atoms with Crippen molar-refractivity contribution in [2.75, 3.05) is 31.5 Å². The van der Waals surface area contributed by atoms with Gasteiger partial charge in [-0.05, 0) is 25.1 Å². The minimum absolute atomic E-state index is 0.156. The van der Waals surface area contributed by atoms with Crippen molar-refractivity contribution in [3.05, 3.63) is 28.5 Å². The Balaban J connectivity index is 1.83. The highest BCUT2D eigenvalue weighted by Crippen LogP contribution is 2.19. The smallest absolute Gasteiger partial charge is 0.225 e. The van der Waals surface area contributed by atoms with Crippen LogP contribution in [0.3, 0.4) is 0 Å². The molecule has 2 rings (SSSR count). The summed E-state index contributed by atoms with van der Waals surface area (Å²) in [6, 6.07) is 5.04. The number of hydrogen-bond acceptors (Lipinski definition) is 3. The molecule has 1 amide bonds. The molecular formula is C14H19BrFN3O. The molecule has 2 N–H and O–H groups in total. The van der Waals surface area contributed by atoms with Gasteiger partial charge in [-0.2, -0.15) is 0 Å². The maximum Gasteiger partial charge on any atom is 0.225 e. The summed E-state index contributed by atoms with van der Waals surface area (Å²) in [5.74, 6) is -0.583. The molecule has 110 valence electrons. The minimum atomic E-state index is -0.428. The Morgan fingerprint density at radius 3 is 3.10 bits per heavy atom. The average molecular weight is 344 g/mol. The lowest BCUT2D eigenvalue weighted by atomic mass is 10.2. The molecule has 1 saturated heterocycles. The van der Waals surface area contributed by atoms with Gasteiger partial charge in [0.25, 0.3) is 0 Å². The van der Waals surface area contributed by atoms with Crippen molar-refractivity contribution in [2.24, 2.45) is 0 Å². The molecular weight excluding hydrogens is 325 g/mol. The van der Waals surface area contributed by atoms with Crippen molar-refractivity contribution in [1.82, 2.24) is 10.2 Å². The Kier molecular flexibility index (Phi) is 5.51. The van der Waals surface area contributed by atoms with Crippen molar-refractivity contribution in [2.45, 2.75) is 19.4 Å². The van der Waals surface area contributed by atoms with E-state index in [4.69, 9.17) is 0 Å². The summed E-state index contributed by atoms with van der Waals surface area (Å²) >= 11 is 3.19. The second kappa shape index (κ2) is 7.15. The zero-order valence-electron chi connectivity index (χ0n) is 11.5. The molecule has 1 heterocycles. The number of anilines is 1. The lowest BCUT2D eigenvalue weighted by Gasteiger charge is -2.33. The van der Waals surface area contributed by atoms with Crippen molar-refractivity contribution in [3.8, 4) is 0 Å². The van der Waals surface area contributed by atoms with Gasteiger partial charge in [0.2, 0.25) is 5.91 Å². The van der Waals surface area contributed by atoms with Gasteiger partial charge < -0.3 is 10.6 Å².